The minimum atomic E-state index is -5.60. The van der Waals surface area contributed by atoms with E-state index in [1.54, 1.807) is 44.2 Å². The maximum absolute atomic E-state index is 15.0. The molecule has 2 nitrogen and oxygen atoms in total. The smallest absolute Gasteiger partial charge is 0.359 e. The summed E-state index contributed by atoms with van der Waals surface area (Å²) in [6, 6.07) is 8.51. The molecule has 164 valence electrons. The predicted molar refractivity (Wildman–Crippen MR) is 109 cm³/mol. The third kappa shape index (κ3) is 2.21. The fourth-order valence-corrected chi connectivity index (χ4v) is 7.61. The van der Waals surface area contributed by atoms with Gasteiger partial charge in [-0.3, -0.25) is 0 Å². The molecular weight excluding hydrogens is 460 g/mol. The standard InChI is InChI=1S/C21H15F6NOS2/c1-10-9-12-13-14(19(24,25)21(26,27)18(13,22)23)15-20(29-3,17(12,2)30-10)31-16(28-15)11-7-5-4-6-8-11/h4-9H,1-3H3. The van der Waals surface area contributed by atoms with Crippen molar-refractivity contribution in [1.82, 2.24) is 0 Å². The highest BCUT2D eigenvalue weighted by molar-refractivity contribution is 8.17. The third-order valence-corrected chi connectivity index (χ3v) is 9.16. The first-order valence-corrected chi connectivity index (χ1v) is 10.9. The Morgan fingerprint density at radius 2 is 1.52 bits per heavy atom. The summed E-state index contributed by atoms with van der Waals surface area (Å²) in [4.78, 5) is 3.08. The summed E-state index contributed by atoms with van der Waals surface area (Å²) in [6.07, 6.45) is 1.28. The van der Waals surface area contributed by atoms with Gasteiger partial charge in [-0.1, -0.05) is 42.1 Å². The summed E-state index contributed by atoms with van der Waals surface area (Å²) in [7, 11) is 1.25. The van der Waals surface area contributed by atoms with Gasteiger partial charge in [0.1, 0.15) is 5.04 Å². The molecule has 0 bridgehead atoms. The van der Waals surface area contributed by atoms with Crippen LogP contribution >= 0.6 is 23.5 Å². The summed E-state index contributed by atoms with van der Waals surface area (Å²) in [5.41, 5.74) is -3.06. The summed E-state index contributed by atoms with van der Waals surface area (Å²) in [5.74, 6) is -15.8. The molecule has 10 heteroatoms. The van der Waals surface area contributed by atoms with Crippen LogP contribution in [0.5, 0.6) is 0 Å². The van der Waals surface area contributed by atoms with Gasteiger partial charge in [0, 0.05) is 18.2 Å². The first-order valence-electron chi connectivity index (χ1n) is 9.25. The minimum absolute atomic E-state index is 0.242. The Bertz CT molecular complexity index is 1140. The van der Waals surface area contributed by atoms with Crippen LogP contribution in [0.25, 0.3) is 0 Å². The molecule has 0 aromatic heterocycles. The Kier molecular flexibility index (Phi) is 4.12. The Labute approximate surface area is 182 Å². The number of fused-ring (bicyclic) bond motifs is 4. The number of aliphatic imine (C=N–C) groups is 1. The van der Waals surface area contributed by atoms with E-state index in [1.165, 1.54) is 13.2 Å². The quantitative estimate of drug-likeness (QED) is 0.461. The molecule has 2 unspecified atom stereocenters. The van der Waals surface area contributed by atoms with Crippen molar-refractivity contribution in [1.29, 1.82) is 0 Å². The zero-order valence-electron chi connectivity index (χ0n) is 16.4. The number of rotatable bonds is 2. The van der Waals surface area contributed by atoms with Gasteiger partial charge in [0.15, 0.2) is 4.93 Å². The van der Waals surface area contributed by atoms with Crippen molar-refractivity contribution in [2.24, 2.45) is 4.99 Å². The Morgan fingerprint density at radius 3 is 2.13 bits per heavy atom. The number of benzene rings is 1. The van der Waals surface area contributed by atoms with Crippen molar-refractivity contribution in [2.45, 2.75) is 41.3 Å². The highest BCUT2D eigenvalue weighted by atomic mass is 32.2. The Morgan fingerprint density at radius 1 is 0.903 bits per heavy atom. The SMILES string of the molecule is COC12SC(c3ccccc3)=NC1=C1C(=C3C=C(C)SC32C)C(F)(F)C(F)(F)C1(F)F. The molecule has 0 amide bonds. The van der Waals surface area contributed by atoms with Gasteiger partial charge in [-0.05, 0) is 30.4 Å². The zero-order valence-corrected chi connectivity index (χ0v) is 18.0. The minimum Gasteiger partial charge on any atom is -0.359 e. The highest BCUT2D eigenvalue weighted by Gasteiger charge is 2.85. The Balaban J connectivity index is 1.91. The molecule has 0 radical (unpaired) electrons. The molecule has 0 N–H and O–H groups in total. The van der Waals surface area contributed by atoms with Gasteiger partial charge >= 0.3 is 17.8 Å². The van der Waals surface area contributed by atoms with E-state index in [0.717, 1.165) is 23.5 Å². The van der Waals surface area contributed by atoms with E-state index in [1.807, 2.05) is 0 Å². The number of halogens is 6. The van der Waals surface area contributed by atoms with Gasteiger partial charge in [-0.2, -0.15) is 26.3 Å². The molecule has 2 atom stereocenters. The normalized spacial score (nSPS) is 34.4. The zero-order chi connectivity index (χ0) is 22.6. The first-order chi connectivity index (χ1) is 14.3. The van der Waals surface area contributed by atoms with E-state index in [-0.39, 0.29) is 10.6 Å². The van der Waals surface area contributed by atoms with Gasteiger partial charge in [-0.25, -0.2) is 4.99 Å². The molecule has 1 aromatic rings. The third-order valence-electron chi connectivity index (χ3n) is 6.10. The molecule has 1 fully saturated rings. The lowest BCUT2D eigenvalue weighted by atomic mass is 9.78. The fraction of sp³-hybridized carbons (Fsp3) is 0.381. The molecule has 4 aliphatic rings. The fourth-order valence-electron chi connectivity index (χ4n) is 4.66. The molecular formula is C21H15F6NOS2. The Hall–Kier alpha value is -1.65. The molecule has 1 aromatic carbocycles. The van der Waals surface area contributed by atoms with Crippen LogP contribution in [0.1, 0.15) is 19.4 Å². The van der Waals surface area contributed by atoms with Gasteiger partial charge in [0.25, 0.3) is 0 Å². The van der Waals surface area contributed by atoms with E-state index in [9.17, 15) is 17.6 Å². The van der Waals surface area contributed by atoms with Crippen LogP contribution in [0.2, 0.25) is 0 Å². The summed E-state index contributed by atoms with van der Waals surface area (Å²) in [5, 5.41) is 0.242. The van der Waals surface area contributed by atoms with Crippen LogP contribution in [-0.2, 0) is 4.74 Å². The predicted octanol–water partition coefficient (Wildman–Crippen LogP) is 6.42. The van der Waals surface area contributed by atoms with Crippen molar-refractivity contribution < 1.29 is 31.1 Å². The maximum atomic E-state index is 15.0. The number of nitrogens with zero attached hydrogens (tertiary/aromatic N) is 1. The van der Waals surface area contributed by atoms with E-state index in [0.29, 0.717) is 10.5 Å². The lowest BCUT2D eigenvalue weighted by Gasteiger charge is -2.46. The van der Waals surface area contributed by atoms with Crippen LogP contribution in [0, 0.1) is 0 Å². The molecule has 31 heavy (non-hydrogen) atoms. The number of ether oxygens (including phenoxy) is 1. The average Bonchev–Trinajstić information content (AvgIpc) is 3.27. The molecule has 2 heterocycles. The van der Waals surface area contributed by atoms with Crippen molar-refractivity contribution in [3.8, 4) is 0 Å². The van der Waals surface area contributed by atoms with E-state index in [4.69, 9.17) is 4.74 Å². The molecule has 2 aliphatic heterocycles. The monoisotopic (exact) mass is 475 g/mol. The van der Waals surface area contributed by atoms with Crippen LogP contribution in [0.4, 0.5) is 26.3 Å². The van der Waals surface area contributed by atoms with Crippen molar-refractivity contribution in [3.05, 3.63) is 69.3 Å². The molecule has 0 spiro atoms. The second kappa shape index (κ2) is 6.02. The highest BCUT2D eigenvalue weighted by Crippen LogP contribution is 2.73. The maximum Gasteiger partial charge on any atom is 0.380 e. The first kappa shape index (κ1) is 21.2. The molecule has 0 saturated heterocycles. The van der Waals surface area contributed by atoms with Crippen LogP contribution in [0.15, 0.2) is 68.7 Å². The second-order valence-electron chi connectivity index (χ2n) is 7.83. The lowest BCUT2D eigenvalue weighted by molar-refractivity contribution is -0.258. The average molecular weight is 475 g/mol. The summed E-state index contributed by atoms with van der Waals surface area (Å²) < 4.78 is 93.3. The number of hydrogen-bond donors (Lipinski definition) is 0. The second-order valence-corrected chi connectivity index (χ2v) is 10.7. The van der Waals surface area contributed by atoms with Gasteiger partial charge in [0.2, 0.25) is 0 Å². The number of allylic oxidation sites excluding steroid dienone is 4. The summed E-state index contributed by atoms with van der Waals surface area (Å²) in [6.45, 7) is 3.17. The van der Waals surface area contributed by atoms with Crippen molar-refractivity contribution in [2.75, 3.05) is 7.11 Å². The molecule has 5 rings (SSSR count). The van der Waals surface area contributed by atoms with E-state index >= 15 is 8.78 Å². The van der Waals surface area contributed by atoms with Crippen molar-refractivity contribution in [3.63, 3.8) is 0 Å². The van der Waals surface area contributed by atoms with Gasteiger partial charge in [-0.15, -0.1) is 11.8 Å². The largest absolute Gasteiger partial charge is 0.380 e. The lowest BCUT2D eigenvalue weighted by Crippen LogP contribution is -2.52. The molecule has 2 aliphatic carbocycles. The number of methoxy groups -OCH3 is 1. The van der Waals surface area contributed by atoms with Gasteiger partial charge < -0.3 is 4.74 Å². The number of thioether (sulfide) groups is 2. The van der Waals surface area contributed by atoms with Crippen molar-refractivity contribution >= 4 is 28.6 Å². The topological polar surface area (TPSA) is 21.6 Å². The van der Waals surface area contributed by atoms with Crippen LogP contribution in [0.3, 0.4) is 0 Å². The van der Waals surface area contributed by atoms with Crippen LogP contribution in [-0.4, -0.2) is 39.6 Å². The molecule has 1 saturated carbocycles. The van der Waals surface area contributed by atoms with E-state index < -0.39 is 44.3 Å². The number of hydrogen-bond acceptors (Lipinski definition) is 4. The van der Waals surface area contributed by atoms with E-state index in [2.05, 4.69) is 4.99 Å². The van der Waals surface area contributed by atoms with Gasteiger partial charge in [0.05, 0.1) is 16.0 Å². The number of alkyl halides is 6. The van der Waals surface area contributed by atoms with Crippen LogP contribution < -0.4 is 0 Å². The summed E-state index contributed by atoms with van der Waals surface area (Å²) >= 11 is 2.11.